The third-order valence-electron chi connectivity index (χ3n) is 5.80. The second-order valence-corrected chi connectivity index (χ2v) is 8.03. The highest BCUT2D eigenvalue weighted by Crippen LogP contribution is 2.24. The summed E-state index contributed by atoms with van der Waals surface area (Å²) >= 11 is 0. The highest BCUT2D eigenvalue weighted by Gasteiger charge is 2.25. The molecule has 2 aromatic heterocycles. The van der Waals surface area contributed by atoms with Gasteiger partial charge in [0, 0.05) is 24.7 Å². The number of fused-ring (bicyclic) bond motifs is 2. The van der Waals surface area contributed by atoms with Gasteiger partial charge in [-0.2, -0.15) is 5.10 Å². The van der Waals surface area contributed by atoms with E-state index in [-0.39, 0.29) is 18.1 Å². The molecule has 32 heavy (non-hydrogen) atoms. The highest BCUT2D eigenvalue weighted by atomic mass is 16.5. The molecule has 4 heterocycles. The maximum atomic E-state index is 13.4. The van der Waals surface area contributed by atoms with Crippen LogP contribution in [0.25, 0.3) is 11.0 Å². The molecule has 0 radical (unpaired) electrons. The number of aliphatic imine (C=N–C) groups is 1. The molecule has 0 saturated carbocycles. The highest BCUT2D eigenvalue weighted by molar-refractivity contribution is 5.81. The predicted octanol–water partition coefficient (Wildman–Crippen LogP) is 1.53. The zero-order valence-electron chi connectivity index (χ0n) is 18.0. The Kier molecular flexibility index (Phi) is 5.37. The third kappa shape index (κ3) is 3.74. The van der Waals surface area contributed by atoms with Crippen molar-refractivity contribution in [2.45, 2.75) is 45.4 Å². The van der Waals surface area contributed by atoms with Crippen molar-refractivity contribution in [3.05, 3.63) is 46.4 Å². The van der Waals surface area contributed by atoms with E-state index in [1.165, 1.54) is 4.68 Å². The van der Waals surface area contributed by atoms with E-state index in [1.54, 1.807) is 13.1 Å². The lowest BCUT2D eigenvalue weighted by molar-refractivity contribution is 0.482. The fourth-order valence-electron chi connectivity index (χ4n) is 4.20. The molecule has 1 saturated heterocycles. The lowest BCUT2D eigenvalue weighted by Gasteiger charge is -2.31. The van der Waals surface area contributed by atoms with Crippen molar-refractivity contribution in [3.8, 4) is 17.6 Å². The van der Waals surface area contributed by atoms with Crippen LogP contribution in [0.4, 0.5) is 5.95 Å². The molecular formula is C23H25N7O2. The average Bonchev–Trinajstić information content (AvgIpc) is 3.19. The van der Waals surface area contributed by atoms with Gasteiger partial charge in [0.05, 0.1) is 19.3 Å². The van der Waals surface area contributed by atoms with Crippen LogP contribution in [0.2, 0.25) is 0 Å². The fraction of sp³-hybridized carbons (Fsp3) is 0.391. The van der Waals surface area contributed by atoms with Gasteiger partial charge >= 0.3 is 0 Å². The zero-order valence-corrected chi connectivity index (χ0v) is 18.0. The summed E-state index contributed by atoms with van der Waals surface area (Å²) in [6.45, 7) is 4.38. The summed E-state index contributed by atoms with van der Waals surface area (Å²) in [6.07, 6.45) is 3.60. The van der Waals surface area contributed by atoms with Gasteiger partial charge in [0.2, 0.25) is 11.8 Å². The number of para-hydroxylation sites is 1. The summed E-state index contributed by atoms with van der Waals surface area (Å²) in [5.74, 6) is 7.92. The van der Waals surface area contributed by atoms with Gasteiger partial charge < -0.3 is 15.4 Å². The molecule has 164 valence electrons. The van der Waals surface area contributed by atoms with Gasteiger partial charge in [-0.3, -0.25) is 9.36 Å². The Morgan fingerprint density at radius 1 is 1.31 bits per heavy atom. The van der Waals surface area contributed by atoms with E-state index in [1.807, 2.05) is 28.8 Å². The van der Waals surface area contributed by atoms with Crippen molar-refractivity contribution >= 4 is 22.9 Å². The molecule has 0 amide bonds. The number of nitrogens with two attached hydrogens (primary N) is 1. The molecule has 0 spiro atoms. The molecule has 1 atom stereocenters. The standard InChI is InChI=1S/C23H25N7O2/c1-2-3-11-29-21-18(27-23(29)28-10-6-8-17(24)14-28)13-26-30(22(21)31)15-20-25-12-16-7-4-5-9-19(16)32-20/h4-5,7,9,13,17H,6,8,10-12,14-15,24H2,1H3. The molecule has 3 aromatic rings. The van der Waals surface area contributed by atoms with Crippen molar-refractivity contribution in [2.24, 2.45) is 10.7 Å². The monoisotopic (exact) mass is 431 g/mol. The number of aromatic nitrogens is 4. The number of anilines is 1. The number of hydrogen-bond acceptors (Lipinski definition) is 7. The van der Waals surface area contributed by atoms with Gasteiger partial charge in [-0.15, -0.1) is 5.92 Å². The van der Waals surface area contributed by atoms with Gasteiger partial charge in [-0.1, -0.05) is 24.1 Å². The smallest absolute Gasteiger partial charge is 0.293 e. The van der Waals surface area contributed by atoms with Crippen molar-refractivity contribution in [2.75, 3.05) is 18.0 Å². The summed E-state index contributed by atoms with van der Waals surface area (Å²) in [4.78, 5) is 24.8. The van der Waals surface area contributed by atoms with Gasteiger partial charge in [-0.25, -0.2) is 14.7 Å². The number of piperidine rings is 1. The van der Waals surface area contributed by atoms with Crippen LogP contribution in [0.5, 0.6) is 5.75 Å². The van der Waals surface area contributed by atoms with E-state index in [9.17, 15) is 4.79 Å². The molecule has 2 aliphatic heterocycles. The molecule has 0 aliphatic carbocycles. The Morgan fingerprint density at radius 3 is 3.03 bits per heavy atom. The minimum absolute atomic E-state index is 0.0911. The largest absolute Gasteiger partial charge is 0.441 e. The maximum Gasteiger partial charge on any atom is 0.293 e. The molecule has 1 unspecified atom stereocenters. The third-order valence-corrected chi connectivity index (χ3v) is 5.80. The summed E-state index contributed by atoms with van der Waals surface area (Å²) in [7, 11) is 0. The van der Waals surface area contributed by atoms with Crippen LogP contribution in [0.1, 0.15) is 25.3 Å². The SMILES string of the molecule is CC#CCn1c(N2CCCC(N)C2)nc2cnn(CC3=NCc4ccccc4O3)c(=O)c21. The van der Waals surface area contributed by atoms with Gasteiger partial charge in [0.25, 0.3) is 5.56 Å². The van der Waals surface area contributed by atoms with Crippen molar-refractivity contribution < 1.29 is 4.74 Å². The van der Waals surface area contributed by atoms with Crippen LogP contribution in [0.15, 0.2) is 40.2 Å². The Labute approximate surface area is 185 Å². The van der Waals surface area contributed by atoms with Gasteiger partial charge in [-0.05, 0) is 25.8 Å². The van der Waals surface area contributed by atoms with E-state index < -0.39 is 0 Å². The number of ether oxygens (including phenoxy) is 1. The quantitative estimate of drug-likeness (QED) is 0.629. The Balaban J connectivity index is 1.52. The molecular weight excluding hydrogens is 406 g/mol. The predicted molar refractivity (Wildman–Crippen MR) is 123 cm³/mol. The van der Waals surface area contributed by atoms with Crippen LogP contribution >= 0.6 is 0 Å². The van der Waals surface area contributed by atoms with Crippen molar-refractivity contribution in [1.29, 1.82) is 0 Å². The number of imidazole rings is 1. The molecule has 9 nitrogen and oxygen atoms in total. The first kappa shape index (κ1) is 20.3. The molecule has 2 aliphatic rings. The van der Waals surface area contributed by atoms with Crippen LogP contribution in [0, 0.1) is 11.8 Å². The van der Waals surface area contributed by atoms with Gasteiger partial charge in [0.1, 0.15) is 23.3 Å². The number of nitrogens with zero attached hydrogens (tertiary/aromatic N) is 6. The summed E-state index contributed by atoms with van der Waals surface area (Å²) in [5, 5.41) is 4.34. The number of rotatable bonds is 4. The first-order chi connectivity index (χ1) is 15.6. The number of benzene rings is 1. The maximum absolute atomic E-state index is 13.4. The normalized spacial score (nSPS) is 17.9. The van der Waals surface area contributed by atoms with E-state index in [0.29, 0.717) is 36.6 Å². The minimum atomic E-state index is -0.245. The first-order valence-electron chi connectivity index (χ1n) is 10.8. The second kappa shape index (κ2) is 8.48. The Hall–Kier alpha value is -3.64. The minimum Gasteiger partial charge on any atom is -0.441 e. The molecule has 5 rings (SSSR count). The van der Waals surface area contributed by atoms with Crippen LogP contribution in [-0.4, -0.2) is 44.4 Å². The molecule has 0 bridgehead atoms. The van der Waals surface area contributed by atoms with E-state index in [0.717, 1.165) is 36.6 Å². The molecule has 9 heteroatoms. The van der Waals surface area contributed by atoms with Crippen molar-refractivity contribution in [3.63, 3.8) is 0 Å². The Morgan fingerprint density at radius 2 is 2.19 bits per heavy atom. The summed E-state index contributed by atoms with van der Waals surface area (Å²) in [5.41, 5.74) is 7.99. The topological polar surface area (TPSA) is 104 Å². The lowest BCUT2D eigenvalue weighted by atomic mass is 10.1. The fourth-order valence-corrected chi connectivity index (χ4v) is 4.20. The second-order valence-electron chi connectivity index (χ2n) is 8.03. The molecule has 1 fully saturated rings. The average molecular weight is 432 g/mol. The van der Waals surface area contributed by atoms with E-state index >= 15 is 0 Å². The first-order valence-corrected chi connectivity index (χ1v) is 10.8. The summed E-state index contributed by atoms with van der Waals surface area (Å²) < 4.78 is 9.15. The Bertz CT molecular complexity index is 1310. The van der Waals surface area contributed by atoms with Crippen molar-refractivity contribution in [1.82, 2.24) is 19.3 Å². The molecule has 1 aromatic carbocycles. The van der Waals surface area contributed by atoms with E-state index in [4.69, 9.17) is 15.5 Å². The molecule has 2 N–H and O–H groups in total. The zero-order chi connectivity index (χ0) is 22.1. The van der Waals surface area contributed by atoms with Crippen LogP contribution < -0.4 is 20.9 Å². The summed E-state index contributed by atoms with van der Waals surface area (Å²) in [6, 6.07) is 7.84. The van der Waals surface area contributed by atoms with Crippen LogP contribution in [0.3, 0.4) is 0 Å². The van der Waals surface area contributed by atoms with Crippen LogP contribution in [-0.2, 0) is 19.6 Å². The van der Waals surface area contributed by atoms with Gasteiger partial charge in [0.15, 0.2) is 0 Å². The lowest BCUT2D eigenvalue weighted by Crippen LogP contribution is -2.44. The van der Waals surface area contributed by atoms with E-state index in [2.05, 4.69) is 26.8 Å². The number of hydrogen-bond donors (Lipinski definition) is 1.